The van der Waals surface area contributed by atoms with E-state index in [-0.39, 0.29) is 4.90 Å². The molecule has 0 saturated carbocycles. The number of pyridine rings is 1. The zero-order valence-corrected chi connectivity index (χ0v) is 14.7. The molecule has 0 aliphatic heterocycles. The van der Waals surface area contributed by atoms with E-state index in [1.807, 2.05) is 18.2 Å². The van der Waals surface area contributed by atoms with Crippen molar-refractivity contribution in [3.8, 4) is 5.75 Å². The average molecular weight is 350 g/mol. The Hall–Kier alpha value is -1.96. The van der Waals surface area contributed by atoms with Crippen molar-refractivity contribution >= 4 is 10.0 Å². The van der Waals surface area contributed by atoms with Gasteiger partial charge in [-0.25, -0.2) is 12.7 Å². The third kappa shape index (κ3) is 5.02. The van der Waals surface area contributed by atoms with Crippen molar-refractivity contribution in [1.82, 2.24) is 9.29 Å². The number of methoxy groups -OCH3 is 1. The largest absolute Gasteiger partial charge is 0.491 e. The molecule has 0 aliphatic carbocycles. The van der Waals surface area contributed by atoms with Crippen molar-refractivity contribution in [2.45, 2.75) is 11.3 Å². The maximum absolute atomic E-state index is 12.6. The van der Waals surface area contributed by atoms with Crippen LogP contribution in [0, 0.1) is 0 Å². The Morgan fingerprint density at radius 3 is 2.46 bits per heavy atom. The van der Waals surface area contributed by atoms with Crippen molar-refractivity contribution in [3.05, 3.63) is 54.4 Å². The molecule has 0 radical (unpaired) electrons. The van der Waals surface area contributed by atoms with Crippen LogP contribution in [0.3, 0.4) is 0 Å². The molecular weight excluding hydrogens is 328 g/mol. The molecule has 0 aliphatic rings. The number of hydrogen-bond donors (Lipinski definition) is 0. The first-order chi connectivity index (χ1) is 11.5. The van der Waals surface area contributed by atoms with Gasteiger partial charge < -0.3 is 9.47 Å². The Morgan fingerprint density at radius 1 is 1.08 bits per heavy atom. The third-order valence-corrected chi connectivity index (χ3v) is 5.37. The summed E-state index contributed by atoms with van der Waals surface area (Å²) in [7, 11) is -0.358. The van der Waals surface area contributed by atoms with Crippen LogP contribution >= 0.6 is 0 Å². The number of benzene rings is 1. The summed E-state index contributed by atoms with van der Waals surface area (Å²) in [5.74, 6) is 0.613. The van der Waals surface area contributed by atoms with Gasteiger partial charge in [0.05, 0.1) is 11.5 Å². The van der Waals surface area contributed by atoms with Crippen LogP contribution in [0.15, 0.2) is 53.6 Å². The van der Waals surface area contributed by atoms with Gasteiger partial charge in [-0.1, -0.05) is 6.07 Å². The first-order valence-corrected chi connectivity index (χ1v) is 9.06. The summed E-state index contributed by atoms with van der Waals surface area (Å²) in [4.78, 5) is 4.45. The monoisotopic (exact) mass is 350 g/mol. The van der Waals surface area contributed by atoms with Crippen LogP contribution in [0.5, 0.6) is 5.75 Å². The van der Waals surface area contributed by atoms with E-state index in [9.17, 15) is 8.42 Å². The van der Waals surface area contributed by atoms with Gasteiger partial charge in [0.2, 0.25) is 10.0 Å². The third-order valence-electron chi connectivity index (χ3n) is 3.50. The number of sulfonamides is 1. The Labute approximate surface area is 143 Å². The van der Waals surface area contributed by atoms with E-state index in [4.69, 9.17) is 9.47 Å². The number of likely N-dealkylation sites (N-methyl/N-ethyl adjacent to an activating group) is 1. The summed E-state index contributed by atoms with van der Waals surface area (Å²) in [6.07, 6.45) is 2.26. The summed E-state index contributed by atoms with van der Waals surface area (Å²) in [6.45, 7) is 1.27. The fourth-order valence-electron chi connectivity index (χ4n) is 2.07. The van der Waals surface area contributed by atoms with Gasteiger partial charge in [-0.15, -0.1) is 0 Å². The minimum atomic E-state index is -3.53. The molecule has 1 heterocycles. The van der Waals surface area contributed by atoms with E-state index in [1.165, 1.54) is 4.31 Å². The molecule has 0 amide bonds. The molecule has 130 valence electrons. The first kappa shape index (κ1) is 18.4. The molecular formula is C17H22N2O4S. The zero-order valence-electron chi connectivity index (χ0n) is 13.9. The van der Waals surface area contributed by atoms with Gasteiger partial charge in [0.1, 0.15) is 12.4 Å². The van der Waals surface area contributed by atoms with Gasteiger partial charge in [0.15, 0.2) is 0 Å². The average Bonchev–Trinajstić information content (AvgIpc) is 2.61. The number of rotatable bonds is 9. The van der Waals surface area contributed by atoms with E-state index in [1.54, 1.807) is 44.6 Å². The lowest BCUT2D eigenvalue weighted by molar-refractivity contribution is 0.146. The second-order valence-corrected chi connectivity index (χ2v) is 7.26. The lowest BCUT2D eigenvalue weighted by Crippen LogP contribution is -2.29. The summed E-state index contributed by atoms with van der Waals surface area (Å²) in [5.41, 5.74) is 0.862. The predicted molar refractivity (Wildman–Crippen MR) is 91.6 cm³/mol. The van der Waals surface area contributed by atoms with Crippen LogP contribution in [-0.4, -0.2) is 51.6 Å². The molecule has 2 rings (SSSR count). The van der Waals surface area contributed by atoms with Gasteiger partial charge in [-0.3, -0.25) is 4.98 Å². The van der Waals surface area contributed by atoms with Crippen molar-refractivity contribution < 1.29 is 17.9 Å². The maximum atomic E-state index is 12.6. The second kappa shape index (κ2) is 8.77. The molecule has 0 atom stereocenters. The highest BCUT2D eigenvalue weighted by Crippen LogP contribution is 2.19. The van der Waals surface area contributed by atoms with Crippen molar-refractivity contribution in [3.63, 3.8) is 0 Å². The van der Waals surface area contributed by atoms with E-state index in [0.29, 0.717) is 31.9 Å². The molecule has 0 N–H and O–H groups in total. The van der Waals surface area contributed by atoms with E-state index < -0.39 is 10.0 Å². The molecule has 0 saturated heterocycles. The number of aromatic nitrogens is 1. The SMILES string of the molecule is COCCOc1ccc(S(=O)(=O)N(C)CCc2ccccn2)cc1. The standard InChI is InChI=1S/C17H22N2O4S/c1-19(12-10-15-5-3-4-11-18-15)24(20,21)17-8-6-16(7-9-17)23-14-13-22-2/h3-9,11H,10,12-14H2,1-2H3. The van der Waals surface area contributed by atoms with Crippen molar-refractivity contribution in [1.29, 1.82) is 0 Å². The molecule has 1 aromatic carbocycles. The van der Waals surface area contributed by atoms with Crippen LogP contribution in [0.25, 0.3) is 0 Å². The molecule has 0 unspecified atom stereocenters. The van der Waals surface area contributed by atoms with Crippen molar-refractivity contribution in [2.24, 2.45) is 0 Å². The highest BCUT2D eigenvalue weighted by Gasteiger charge is 2.20. The van der Waals surface area contributed by atoms with Gasteiger partial charge in [-0.2, -0.15) is 0 Å². The summed E-state index contributed by atoms with van der Waals surface area (Å²) in [5, 5.41) is 0. The molecule has 24 heavy (non-hydrogen) atoms. The van der Waals surface area contributed by atoms with Gasteiger partial charge in [0, 0.05) is 39.0 Å². The molecule has 0 spiro atoms. The second-order valence-electron chi connectivity index (χ2n) is 5.21. The smallest absolute Gasteiger partial charge is 0.242 e. The zero-order chi connectivity index (χ0) is 17.4. The van der Waals surface area contributed by atoms with E-state index >= 15 is 0 Å². The Balaban J connectivity index is 1.98. The maximum Gasteiger partial charge on any atom is 0.242 e. The number of ether oxygens (including phenoxy) is 2. The Morgan fingerprint density at radius 2 is 1.83 bits per heavy atom. The van der Waals surface area contributed by atoms with Gasteiger partial charge >= 0.3 is 0 Å². The highest BCUT2D eigenvalue weighted by atomic mass is 32.2. The molecule has 1 aromatic heterocycles. The van der Waals surface area contributed by atoms with Crippen LogP contribution < -0.4 is 4.74 Å². The molecule has 0 bridgehead atoms. The van der Waals surface area contributed by atoms with Crippen LogP contribution in [0.1, 0.15) is 5.69 Å². The van der Waals surface area contributed by atoms with Crippen LogP contribution in [0.4, 0.5) is 0 Å². The first-order valence-electron chi connectivity index (χ1n) is 7.62. The van der Waals surface area contributed by atoms with E-state index in [2.05, 4.69) is 4.98 Å². The summed E-state index contributed by atoms with van der Waals surface area (Å²) >= 11 is 0. The molecule has 2 aromatic rings. The molecule has 6 nitrogen and oxygen atoms in total. The number of nitrogens with zero attached hydrogens (tertiary/aromatic N) is 2. The minimum Gasteiger partial charge on any atom is -0.491 e. The highest BCUT2D eigenvalue weighted by molar-refractivity contribution is 7.89. The normalized spacial score (nSPS) is 11.6. The minimum absolute atomic E-state index is 0.241. The number of hydrogen-bond acceptors (Lipinski definition) is 5. The summed E-state index contributed by atoms with van der Waals surface area (Å²) < 4.78 is 36.8. The van der Waals surface area contributed by atoms with Crippen LogP contribution in [-0.2, 0) is 21.2 Å². The van der Waals surface area contributed by atoms with Gasteiger partial charge in [0.25, 0.3) is 0 Å². The van der Waals surface area contributed by atoms with Crippen LogP contribution in [0.2, 0.25) is 0 Å². The van der Waals surface area contributed by atoms with Crippen molar-refractivity contribution in [2.75, 3.05) is 33.9 Å². The fourth-order valence-corrected chi connectivity index (χ4v) is 3.24. The fraction of sp³-hybridized carbons (Fsp3) is 0.353. The Bertz CT molecular complexity index is 718. The Kier molecular flexibility index (Phi) is 6.72. The predicted octanol–water partition coefficient (Wildman–Crippen LogP) is 1.97. The van der Waals surface area contributed by atoms with Gasteiger partial charge in [-0.05, 0) is 36.4 Å². The quantitative estimate of drug-likeness (QED) is 0.647. The lowest BCUT2D eigenvalue weighted by Gasteiger charge is -2.17. The lowest BCUT2D eigenvalue weighted by atomic mass is 10.3. The van der Waals surface area contributed by atoms with E-state index in [0.717, 1.165) is 5.69 Å². The summed E-state index contributed by atoms with van der Waals surface area (Å²) in [6, 6.07) is 12.0. The molecule has 7 heteroatoms. The molecule has 0 fully saturated rings. The topological polar surface area (TPSA) is 68.7 Å².